The summed E-state index contributed by atoms with van der Waals surface area (Å²) in [5.74, 6) is -2.09. The molecular weight excluding hydrogens is 522 g/mol. The number of hydrogen-bond donors (Lipinski definition) is 2. The maximum Gasteiger partial charge on any atom is 0.264 e. The molecule has 0 saturated carbocycles. The molecule has 190 valence electrons. The number of sulfonamides is 1. The Labute approximate surface area is 212 Å². The van der Waals surface area contributed by atoms with Crippen LogP contribution in [0.4, 0.5) is 14.5 Å². The molecule has 0 bridgehead atoms. The Kier molecular flexibility index (Phi) is 10.7. The van der Waals surface area contributed by atoms with E-state index in [0.717, 1.165) is 12.1 Å². The van der Waals surface area contributed by atoms with E-state index in [-0.39, 0.29) is 16.3 Å². The minimum Gasteiger partial charge on any atom is -0.378 e. The molecule has 2 rings (SSSR count). The van der Waals surface area contributed by atoms with E-state index in [1.54, 1.807) is 22.9 Å². The van der Waals surface area contributed by atoms with E-state index in [1.807, 2.05) is 19.0 Å². The van der Waals surface area contributed by atoms with Crippen molar-refractivity contribution in [2.24, 2.45) is 0 Å². The summed E-state index contributed by atoms with van der Waals surface area (Å²) in [4.78, 5) is 13.3. The maximum absolute atomic E-state index is 15.0. The molecule has 0 spiro atoms. The lowest BCUT2D eigenvalue weighted by atomic mass is 10.1. The van der Waals surface area contributed by atoms with Crippen molar-refractivity contribution in [2.75, 3.05) is 45.4 Å². The Hall–Kier alpha value is -2.43. The van der Waals surface area contributed by atoms with Crippen molar-refractivity contribution < 1.29 is 26.7 Å². The number of hydrogen-bond acceptors (Lipinski definition) is 8. The van der Waals surface area contributed by atoms with Gasteiger partial charge in [-0.15, -0.1) is 11.8 Å². The summed E-state index contributed by atoms with van der Waals surface area (Å²) in [5.41, 5.74) is -0.447. The van der Waals surface area contributed by atoms with E-state index in [9.17, 15) is 22.9 Å². The van der Waals surface area contributed by atoms with Gasteiger partial charge < -0.3 is 15.0 Å². The quantitative estimate of drug-likeness (QED) is 0.389. The minimum absolute atomic E-state index is 0.185. The van der Waals surface area contributed by atoms with E-state index < -0.39 is 45.1 Å². The van der Waals surface area contributed by atoms with Gasteiger partial charge >= 0.3 is 0 Å². The van der Waals surface area contributed by atoms with Gasteiger partial charge in [0.05, 0.1) is 16.1 Å². The number of methoxy groups -OCH3 is 1. The lowest BCUT2D eigenvalue weighted by Gasteiger charge is -2.23. The van der Waals surface area contributed by atoms with Crippen LogP contribution in [0.15, 0.2) is 40.1 Å². The first kappa shape index (κ1) is 28.8. The number of nitrogens with one attached hydrogen (secondary N) is 2. The monoisotopic (exact) mass is 546 g/mol. The number of carbonyl (C=O) groups is 1. The molecule has 1 amide bonds. The van der Waals surface area contributed by atoms with E-state index in [0.29, 0.717) is 23.6 Å². The van der Waals surface area contributed by atoms with Crippen molar-refractivity contribution >= 4 is 45.0 Å². The fourth-order valence-electron chi connectivity index (χ4n) is 2.94. The smallest absolute Gasteiger partial charge is 0.264 e. The molecule has 0 heterocycles. The molecule has 0 aliphatic heterocycles. The molecule has 0 unspecified atom stereocenters. The third kappa shape index (κ3) is 8.63. The third-order valence-electron chi connectivity index (χ3n) is 4.63. The zero-order valence-corrected chi connectivity index (χ0v) is 21.7. The summed E-state index contributed by atoms with van der Waals surface area (Å²) in [7, 11) is 0.521. The number of anilines is 1. The first-order valence-corrected chi connectivity index (χ1v) is 13.1. The molecule has 0 aliphatic rings. The van der Waals surface area contributed by atoms with Crippen LogP contribution in [-0.4, -0.2) is 65.4 Å². The number of carbonyl (C=O) groups excluding carboxylic acids is 1. The highest BCUT2D eigenvalue weighted by molar-refractivity contribution is 7.99. The maximum atomic E-state index is 15.0. The van der Waals surface area contributed by atoms with Crippen LogP contribution in [0.3, 0.4) is 0 Å². The van der Waals surface area contributed by atoms with Crippen molar-refractivity contribution in [3.63, 3.8) is 0 Å². The molecule has 2 aromatic carbocycles. The summed E-state index contributed by atoms with van der Waals surface area (Å²) in [6.45, 7) is 0.106. The lowest BCUT2D eigenvalue weighted by Crippen LogP contribution is -2.33. The predicted octanol–water partition coefficient (Wildman–Crippen LogP) is 3.47. The van der Waals surface area contributed by atoms with Crippen LogP contribution in [-0.2, 0) is 19.6 Å². The Bertz CT molecular complexity index is 1210. The summed E-state index contributed by atoms with van der Waals surface area (Å²) in [6, 6.07) is 7.40. The molecular formula is C22H25ClF2N4O4S2. The lowest BCUT2D eigenvalue weighted by molar-refractivity contribution is -0.122. The normalized spacial score (nSPS) is 12.3. The topological polar surface area (TPSA) is 112 Å². The third-order valence-corrected chi connectivity index (χ3v) is 7.42. The number of nitrogens with zero attached hydrogens (tertiary/aromatic N) is 2. The van der Waals surface area contributed by atoms with Gasteiger partial charge in [-0.1, -0.05) is 11.6 Å². The molecule has 2 aromatic rings. The molecule has 0 fully saturated rings. The van der Waals surface area contributed by atoms with Crippen molar-refractivity contribution in [1.82, 2.24) is 9.62 Å². The summed E-state index contributed by atoms with van der Waals surface area (Å²) >= 11 is 7.00. The van der Waals surface area contributed by atoms with Crippen molar-refractivity contribution in [3.05, 3.63) is 52.6 Å². The number of benzene rings is 2. The summed E-state index contributed by atoms with van der Waals surface area (Å²) in [6.07, 6.45) is 0.520. The minimum atomic E-state index is -4.42. The highest BCUT2D eigenvalue weighted by atomic mass is 35.5. The van der Waals surface area contributed by atoms with Crippen LogP contribution in [0, 0.1) is 23.0 Å². The van der Waals surface area contributed by atoms with Crippen molar-refractivity contribution in [2.45, 2.75) is 22.3 Å². The summed E-state index contributed by atoms with van der Waals surface area (Å²) < 4.78 is 60.4. The molecule has 0 radical (unpaired) electrons. The zero-order chi connectivity index (χ0) is 26.2. The number of thioether (sulfide) groups is 1. The van der Waals surface area contributed by atoms with Crippen LogP contribution in [0.2, 0.25) is 5.02 Å². The van der Waals surface area contributed by atoms with Crippen LogP contribution in [0.25, 0.3) is 0 Å². The van der Waals surface area contributed by atoms with Crippen LogP contribution >= 0.6 is 23.4 Å². The fraction of sp³-hybridized carbons (Fsp3) is 0.364. The van der Waals surface area contributed by atoms with Crippen LogP contribution in [0.5, 0.6) is 0 Å². The first-order valence-electron chi connectivity index (χ1n) is 10.2. The molecule has 1 atom stereocenters. The highest BCUT2D eigenvalue weighted by Gasteiger charge is 2.23. The van der Waals surface area contributed by atoms with Gasteiger partial charge in [-0.05, 0) is 57.4 Å². The Morgan fingerprint density at radius 1 is 1.26 bits per heavy atom. The largest absolute Gasteiger partial charge is 0.378 e. The molecule has 8 nitrogen and oxygen atoms in total. The van der Waals surface area contributed by atoms with E-state index >= 15 is 4.39 Å². The average Bonchev–Trinajstić information content (AvgIpc) is 2.76. The Balaban J connectivity index is 2.30. The van der Waals surface area contributed by atoms with Gasteiger partial charge in [-0.3, -0.25) is 4.79 Å². The van der Waals surface area contributed by atoms with Crippen molar-refractivity contribution in [1.29, 1.82) is 5.26 Å². The second kappa shape index (κ2) is 13.0. The average molecular weight is 547 g/mol. The Morgan fingerprint density at radius 2 is 1.97 bits per heavy atom. The predicted molar refractivity (Wildman–Crippen MR) is 131 cm³/mol. The molecule has 13 heteroatoms. The standard InChI is InChI=1S/C22H25ClF2N4O4S2/c1-29(2)7-6-16(13-34-20-5-4-15(23)9-18(20)24)27-22-14(11-26)8-17(10-19(22)25)35(31,32)28-21(30)12-33-3/h4-5,8-10,16,27H,6-7,12-13H2,1-3H3,(H,28,30)/t16-/m1/s1. The highest BCUT2D eigenvalue weighted by Crippen LogP contribution is 2.29. The number of ether oxygens (including phenoxy) is 1. The molecule has 35 heavy (non-hydrogen) atoms. The van der Waals surface area contributed by atoms with E-state index in [2.05, 4.69) is 10.1 Å². The molecule has 0 saturated heterocycles. The van der Waals surface area contributed by atoms with Crippen LogP contribution < -0.4 is 10.0 Å². The number of nitriles is 1. The van der Waals surface area contributed by atoms with E-state index in [1.165, 1.54) is 24.9 Å². The Morgan fingerprint density at radius 3 is 2.57 bits per heavy atom. The van der Waals surface area contributed by atoms with Crippen molar-refractivity contribution in [3.8, 4) is 6.07 Å². The SMILES string of the molecule is COCC(=O)NS(=O)(=O)c1cc(F)c(N[C@H](CCN(C)C)CSc2ccc(Cl)cc2F)c(C#N)c1. The van der Waals surface area contributed by atoms with Gasteiger partial charge in [0.1, 0.15) is 24.3 Å². The fourth-order valence-corrected chi connectivity index (χ4v) is 5.10. The van der Waals surface area contributed by atoms with Gasteiger partial charge in [0, 0.05) is 28.8 Å². The number of rotatable bonds is 12. The van der Waals surface area contributed by atoms with Gasteiger partial charge in [0.15, 0.2) is 0 Å². The van der Waals surface area contributed by atoms with E-state index in [4.69, 9.17) is 11.6 Å². The molecule has 0 aliphatic carbocycles. The van der Waals surface area contributed by atoms with Gasteiger partial charge in [0.25, 0.3) is 15.9 Å². The molecule has 0 aromatic heterocycles. The first-order chi connectivity index (χ1) is 16.5. The van der Waals surface area contributed by atoms with Gasteiger partial charge in [0.2, 0.25) is 0 Å². The summed E-state index contributed by atoms with van der Waals surface area (Å²) in [5, 5.41) is 12.8. The number of amides is 1. The molecule has 2 N–H and O–H groups in total. The zero-order valence-electron chi connectivity index (χ0n) is 19.3. The van der Waals surface area contributed by atoms with Gasteiger partial charge in [-0.25, -0.2) is 21.9 Å². The van der Waals surface area contributed by atoms with Gasteiger partial charge in [-0.2, -0.15) is 5.26 Å². The second-order valence-corrected chi connectivity index (χ2v) is 10.9. The second-order valence-electron chi connectivity index (χ2n) is 7.72. The number of halogens is 3. The van der Waals surface area contributed by atoms with Crippen LogP contribution in [0.1, 0.15) is 12.0 Å².